The Morgan fingerprint density at radius 3 is 2.94 bits per heavy atom. The molecule has 2 aromatic rings. The first-order valence-electron chi connectivity index (χ1n) is 5.44. The second kappa shape index (κ2) is 4.05. The van der Waals surface area contributed by atoms with Gasteiger partial charge in [-0.2, -0.15) is 0 Å². The van der Waals surface area contributed by atoms with Crippen LogP contribution in [0.5, 0.6) is 5.75 Å². The monoisotopic (exact) mass is 230 g/mol. The van der Waals surface area contributed by atoms with Crippen molar-refractivity contribution < 1.29 is 9.13 Å². The fourth-order valence-electron chi connectivity index (χ4n) is 1.86. The van der Waals surface area contributed by atoms with E-state index in [1.807, 2.05) is 24.3 Å². The molecular weight excluding hydrogens is 219 g/mol. The molecule has 1 aromatic heterocycles. The highest BCUT2D eigenvalue weighted by Crippen LogP contribution is 2.32. The van der Waals surface area contributed by atoms with Crippen molar-refractivity contribution in [3.63, 3.8) is 0 Å². The molecule has 3 nitrogen and oxygen atoms in total. The standard InChI is InChI=1S/C13H11FN2O/c14-9-5-6-11(15-7-9)13-8-16-10-3-1-2-4-12(10)17-13/h1-7,13,16H,8H2. The Hall–Kier alpha value is -2.10. The van der Waals surface area contributed by atoms with Gasteiger partial charge in [-0.3, -0.25) is 4.98 Å². The number of fused-ring (bicyclic) bond motifs is 1. The number of hydrogen-bond donors (Lipinski definition) is 1. The zero-order valence-electron chi connectivity index (χ0n) is 9.06. The van der Waals surface area contributed by atoms with E-state index in [4.69, 9.17) is 4.74 Å². The van der Waals surface area contributed by atoms with Crippen LogP contribution in [0.15, 0.2) is 42.6 Å². The molecule has 2 heterocycles. The highest BCUT2D eigenvalue weighted by Gasteiger charge is 2.21. The van der Waals surface area contributed by atoms with E-state index in [9.17, 15) is 4.39 Å². The maximum Gasteiger partial charge on any atom is 0.158 e. The van der Waals surface area contributed by atoms with Gasteiger partial charge in [-0.05, 0) is 24.3 Å². The molecule has 0 saturated carbocycles. The number of pyridine rings is 1. The van der Waals surface area contributed by atoms with Gasteiger partial charge in [-0.25, -0.2) is 4.39 Å². The third-order valence-electron chi connectivity index (χ3n) is 2.71. The predicted molar refractivity (Wildman–Crippen MR) is 62.5 cm³/mol. The first-order chi connectivity index (χ1) is 8.33. The highest BCUT2D eigenvalue weighted by atomic mass is 19.1. The normalized spacial score (nSPS) is 17.8. The molecule has 1 N–H and O–H groups in total. The van der Waals surface area contributed by atoms with Crippen molar-refractivity contribution in [2.45, 2.75) is 6.10 Å². The topological polar surface area (TPSA) is 34.1 Å². The van der Waals surface area contributed by atoms with Gasteiger partial charge in [0.25, 0.3) is 0 Å². The molecule has 1 aliphatic heterocycles. The maximum atomic E-state index is 12.8. The van der Waals surface area contributed by atoms with Crippen molar-refractivity contribution >= 4 is 5.69 Å². The summed E-state index contributed by atoms with van der Waals surface area (Å²) in [6.45, 7) is 0.635. The summed E-state index contributed by atoms with van der Waals surface area (Å²) in [5.74, 6) is 0.466. The Balaban J connectivity index is 1.86. The van der Waals surface area contributed by atoms with Gasteiger partial charge in [0.2, 0.25) is 0 Å². The Morgan fingerprint density at radius 1 is 1.24 bits per heavy atom. The Kier molecular flexibility index (Phi) is 2.40. The minimum atomic E-state index is -0.335. The number of rotatable bonds is 1. The molecule has 0 aliphatic carbocycles. The maximum absolute atomic E-state index is 12.8. The summed E-state index contributed by atoms with van der Waals surface area (Å²) >= 11 is 0. The molecule has 0 amide bonds. The summed E-state index contributed by atoms with van der Waals surface area (Å²) in [5, 5.41) is 3.27. The first-order valence-corrected chi connectivity index (χ1v) is 5.44. The summed E-state index contributed by atoms with van der Waals surface area (Å²) in [5.41, 5.74) is 1.71. The lowest BCUT2D eigenvalue weighted by atomic mass is 10.1. The molecule has 1 unspecified atom stereocenters. The minimum absolute atomic E-state index is 0.175. The molecule has 0 bridgehead atoms. The molecule has 1 atom stereocenters. The molecule has 0 radical (unpaired) electrons. The van der Waals surface area contributed by atoms with E-state index in [1.165, 1.54) is 12.3 Å². The van der Waals surface area contributed by atoms with Crippen molar-refractivity contribution in [2.75, 3.05) is 11.9 Å². The van der Waals surface area contributed by atoms with Crippen LogP contribution >= 0.6 is 0 Å². The van der Waals surface area contributed by atoms with Crippen molar-refractivity contribution in [1.29, 1.82) is 0 Å². The zero-order valence-corrected chi connectivity index (χ0v) is 9.06. The number of para-hydroxylation sites is 2. The van der Waals surface area contributed by atoms with Crippen molar-refractivity contribution in [3.8, 4) is 5.75 Å². The molecule has 4 heteroatoms. The number of anilines is 1. The van der Waals surface area contributed by atoms with E-state index in [2.05, 4.69) is 10.3 Å². The molecular formula is C13H11FN2O. The van der Waals surface area contributed by atoms with Crippen LogP contribution in [0, 0.1) is 5.82 Å². The van der Waals surface area contributed by atoms with Gasteiger partial charge in [-0.15, -0.1) is 0 Å². The fourth-order valence-corrected chi connectivity index (χ4v) is 1.86. The van der Waals surface area contributed by atoms with Gasteiger partial charge in [-0.1, -0.05) is 12.1 Å². The van der Waals surface area contributed by atoms with Crippen molar-refractivity contribution in [1.82, 2.24) is 4.98 Å². The molecule has 0 fully saturated rings. The number of nitrogens with zero attached hydrogens (tertiary/aromatic N) is 1. The highest BCUT2D eigenvalue weighted by molar-refractivity contribution is 5.57. The van der Waals surface area contributed by atoms with Crippen molar-refractivity contribution in [2.24, 2.45) is 0 Å². The Labute approximate surface area is 98.3 Å². The smallest absolute Gasteiger partial charge is 0.158 e. The molecule has 3 rings (SSSR count). The average Bonchev–Trinajstić information content (AvgIpc) is 2.39. The van der Waals surface area contributed by atoms with Crippen LogP contribution in [0.3, 0.4) is 0 Å². The number of aromatic nitrogens is 1. The molecule has 1 aromatic carbocycles. The third kappa shape index (κ3) is 1.93. The summed E-state index contributed by atoms with van der Waals surface area (Å²) in [6.07, 6.45) is 1.03. The lowest BCUT2D eigenvalue weighted by Crippen LogP contribution is -2.24. The van der Waals surface area contributed by atoms with Crippen molar-refractivity contribution in [3.05, 3.63) is 54.1 Å². The number of nitrogens with one attached hydrogen (secondary N) is 1. The van der Waals surface area contributed by atoms with Crippen LogP contribution in [0.2, 0.25) is 0 Å². The summed E-state index contributed by atoms with van der Waals surface area (Å²) in [7, 11) is 0. The lowest BCUT2D eigenvalue weighted by Gasteiger charge is -2.26. The van der Waals surface area contributed by atoms with Gasteiger partial charge in [0.1, 0.15) is 11.6 Å². The van der Waals surface area contributed by atoms with E-state index in [0.717, 1.165) is 17.1 Å². The van der Waals surface area contributed by atoms with Gasteiger partial charge in [0.15, 0.2) is 6.10 Å². The van der Waals surface area contributed by atoms with Gasteiger partial charge in [0.05, 0.1) is 24.1 Å². The van der Waals surface area contributed by atoms with Crippen LogP contribution < -0.4 is 10.1 Å². The average molecular weight is 230 g/mol. The van der Waals surface area contributed by atoms with Crippen LogP contribution in [0.25, 0.3) is 0 Å². The number of halogens is 1. The summed E-state index contributed by atoms with van der Waals surface area (Å²) < 4.78 is 18.6. The van der Waals surface area contributed by atoms with E-state index in [-0.39, 0.29) is 11.9 Å². The third-order valence-corrected chi connectivity index (χ3v) is 2.71. The van der Waals surface area contributed by atoms with Gasteiger partial charge in [0, 0.05) is 0 Å². The van der Waals surface area contributed by atoms with E-state index in [0.29, 0.717) is 6.54 Å². The van der Waals surface area contributed by atoms with Gasteiger partial charge >= 0.3 is 0 Å². The predicted octanol–water partition coefficient (Wildman–Crippen LogP) is 2.77. The summed E-state index contributed by atoms with van der Waals surface area (Å²) in [4.78, 5) is 4.03. The molecule has 0 saturated heterocycles. The van der Waals surface area contributed by atoms with E-state index >= 15 is 0 Å². The number of hydrogen-bond acceptors (Lipinski definition) is 3. The second-order valence-corrected chi connectivity index (χ2v) is 3.88. The SMILES string of the molecule is Fc1ccc(C2CNc3ccccc3O2)nc1. The van der Waals surface area contributed by atoms with Crippen LogP contribution in [0.1, 0.15) is 11.8 Å². The lowest BCUT2D eigenvalue weighted by molar-refractivity contribution is 0.205. The van der Waals surface area contributed by atoms with E-state index < -0.39 is 0 Å². The molecule has 1 aliphatic rings. The van der Waals surface area contributed by atoms with Crippen LogP contribution in [-0.2, 0) is 0 Å². The second-order valence-electron chi connectivity index (χ2n) is 3.88. The minimum Gasteiger partial charge on any atom is -0.480 e. The fraction of sp³-hybridized carbons (Fsp3) is 0.154. The molecule has 17 heavy (non-hydrogen) atoms. The number of ether oxygens (including phenoxy) is 1. The Morgan fingerprint density at radius 2 is 2.12 bits per heavy atom. The summed E-state index contributed by atoms with van der Waals surface area (Å²) in [6, 6.07) is 10.8. The Bertz CT molecular complexity index is 527. The van der Waals surface area contributed by atoms with Crippen LogP contribution in [-0.4, -0.2) is 11.5 Å². The zero-order chi connectivity index (χ0) is 11.7. The quantitative estimate of drug-likeness (QED) is 0.818. The van der Waals surface area contributed by atoms with E-state index in [1.54, 1.807) is 6.07 Å². The van der Waals surface area contributed by atoms with Gasteiger partial charge < -0.3 is 10.1 Å². The largest absolute Gasteiger partial charge is 0.480 e. The number of benzene rings is 1. The molecule has 86 valence electrons. The molecule has 0 spiro atoms. The first kappa shape index (κ1) is 10.1. The van der Waals surface area contributed by atoms with Crippen LogP contribution in [0.4, 0.5) is 10.1 Å².